The van der Waals surface area contributed by atoms with Gasteiger partial charge in [-0.15, -0.1) is 0 Å². The van der Waals surface area contributed by atoms with Crippen LogP contribution in [0.5, 0.6) is 0 Å². The van der Waals surface area contributed by atoms with E-state index in [1.165, 1.54) is 38.5 Å². The second-order valence-electron chi connectivity index (χ2n) is 10.9. The molecule has 0 saturated heterocycles. The molecule has 2 fully saturated rings. The van der Waals surface area contributed by atoms with Crippen LogP contribution >= 0.6 is 0 Å². The molecular weight excluding hydrogens is 476 g/mol. The number of hydrogen-bond donors (Lipinski definition) is 2. The van der Waals surface area contributed by atoms with E-state index in [1.807, 2.05) is 36.4 Å². The molecule has 0 aliphatic heterocycles. The molecule has 7 nitrogen and oxygen atoms in total. The SMILES string of the molecule is O=C(O)c1ccccc1-c1ccc(Cn2c(C3CCCCC3)nc3c(C4CCCCC4)n[nH]c(=O)c32)cc1. The number of rotatable bonds is 6. The monoisotopic (exact) mass is 510 g/mol. The molecule has 0 bridgehead atoms. The molecule has 2 N–H and O–H groups in total. The van der Waals surface area contributed by atoms with Crippen LogP contribution in [0.25, 0.3) is 22.2 Å². The van der Waals surface area contributed by atoms with Crippen molar-refractivity contribution in [2.75, 3.05) is 0 Å². The molecule has 0 unspecified atom stereocenters. The van der Waals surface area contributed by atoms with E-state index < -0.39 is 5.97 Å². The van der Waals surface area contributed by atoms with E-state index >= 15 is 0 Å². The van der Waals surface area contributed by atoms with Gasteiger partial charge in [-0.3, -0.25) is 4.79 Å². The van der Waals surface area contributed by atoms with Crippen molar-refractivity contribution in [1.29, 1.82) is 0 Å². The van der Waals surface area contributed by atoms with Crippen molar-refractivity contribution in [2.24, 2.45) is 0 Å². The van der Waals surface area contributed by atoms with Gasteiger partial charge in [0.05, 0.1) is 11.3 Å². The summed E-state index contributed by atoms with van der Waals surface area (Å²) in [6, 6.07) is 15.1. The van der Waals surface area contributed by atoms with Gasteiger partial charge in [-0.1, -0.05) is 81.0 Å². The Kier molecular flexibility index (Phi) is 6.83. The first-order chi connectivity index (χ1) is 18.6. The highest BCUT2D eigenvalue weighted by Gasteiger charge is 2.28. The Bertz CT molecular complexity index is 1510. The van der Waals surface area contributed by atoms with Crippen molar-refractivity contribution in [1.82, 2.24) is 19.7 Å². The van der Waals surface area contributed by atoms with E-state index in [0.29, 0.717) is 29.5 Å². The maximum Gasteiger partial charge on any atom is 0.336 e. The second-order valence-corrected chi connectivity index (χ2v) is 10.9. The average Bonchev–Trinajstić information content (AvgIpc) is 3.34. The minimum absolute atomic E-state index is 0.180. The average molecular weight is 511 g/mol. The molecule has 196 valence electrons. The zero-order valence-electron chi connectivity index (χ0n) is 21.7. The van der Waals surface area contributed by atoms with Crippen LogP contribution in [-0.4, -0.2) is 30.8 Å². The van der Waals surface area contributed by atoms with Crippen LogP contribution in [0.3, 0.4) is 0 Å². The number of H-pyrrole nitrogens is 1. The number of nitrogens with one attached hydrogen (secondary N) is 1. The van der Waals surface area contributed by atoms with Crippen LogP contribution < -0.4 is 5.56 Å². The number of aromatic nitrogens is 4. The molecule has 2 saturated carbocycles. The first kappa shape index (κ1) is 24.6. The van der Waals surface area contributed by atoms with Crippen molar-refractivity contribution < 1.29 is 9.90 Å². The molecule has 6 rings (SSSR count). The third-order valence-electron chi connectivity index (χ3n) is 8.46. The second kappa shape index (κ2) is 10.6. The lowest BCUT2D eigenvalue weighted by molar-refractivity contribution is 0.0697. The Balaban J connectivity index is 1.41. The number of benzene rings is 2. The van der Waals surface area contributed by atoms with Gasteiger partial charge in [0.2, 0.25) is 0 Å². The van der Waals surface area contributed by atoms with Crippen molar-refractivity contribution in [3.63, 3.8) is 0 Å². The molecule has 0 spiro atoms. The van der Waals surface area contributed by atoms with Crippen LogP contribution in [0.1, 0.15) is 103 Å². The standard InChI is InChI=1S/C31H34N4O3/c36-30-28-27(26(33-34-30)22-9-3-1-4-10-22)32-29(23-11-5-2-6-12-23)35(28)19-20-15-17-21(18-16-20)24-13-7-8-14-25(24)31(37)38/h7-8,13-18,22-23H,1-6,9-12,19H2,(H,34,36)(H,37,38). The molecule has 0 radical (unpaired) electrons. The van der Waals surface area contributed by atoms with E-state index in [1.54, 1.807) is 12.1 Å². The summed E-state index contributed by atoms with van der Waals surface area (Å²) in [5.41, 5.74) is 5.09. The maximum absolute atomic E-state index is 13.2. The summed E-state index contributed by atoms with van der Waals surface area (Å²) >= 11 is 0. The summed E-state index contributed by atoms with van der Waals surface area (Å²) in [5, 5.41) is 17.0. The van der Waals surface area contributed by atoms with Crippen LogP contribution in [0.2, 0.25) is 0 Å². The summed E-state index contributed by atoms with van der Waals surface area (Å²) in [7, 11) is 0. The zero-order chi connectivity index (χ0) is 26.1. The number of aromatic carboxylic acids is 1. The number of carbonyl (C=O) groups is 1. The lowest BCUT2D eigenvalue weighted by Crippen LogP contribution is -2.19. The van der Waals surface area contributed by atoms with E-state index in [-0.39, 0.29) is 11.1 Å². The van der Waals surface area contributed by atoms with Crippen molar-refractivity contribution in [3.05, 3.63) is 81.5 Å². The van der Waals surface area contributed by atoms with Crippen LogP contribution in [0, 0.1) is 0 Å². The summed E-state index contributed by atoms with van der Waals surface area (Å²) in [6.45, 7) is 0.542. The highest BCUT2D eigenvalue weighted by atomic mass is 16.4. The summed E-state index contributed by atoms with van der Waals surface area (Å²) in [5.74, 6) is 0.763. The van der Waals surface area contributed by atoms with E-state index in [9.17, 15) is 14.7 Å². The van der Waals surface area contributed by atoms with Gasteiger partial charge in [-0.05, 0) is 48.4 Å². The lowest BCUT2D eigenvalue weighted by Gasteiger charge is -2.22. The molecule has 2 aromatic heterocycles. The minimum atomic E-state index is -0.937. The molecule has 38 heavy (non-hydrogen) atoms. The topological polar surface area (TPSA) is 101 Å². The Morgan fingerprint density at radius 1 is 0.895 bits per heavy atom. The van der Waals surface area contributed by atoms with Gasteiger partial charge < -0.3 is 9.67 Å². The van der Waals surface area contributed by atoms with Gasteiger partial charge >= 0.3 is 5.97 Å². The predicted octanol–water partition coefficient (Wildman–Crippen LogP) is 6.63. The van der Waals surface area contributed by atoms with E-state index in [0.717, 1.165) is 53.8 Å². The quantitative estimate of drug-likeness (QED) is 0.303. The minimum Gasteiger partial charge on any atom is -0.478 e. The molecule has 2 aliphatic rings. The molecule has 4 aromatic rings. The Morgan fingerprint density at radius 3 is 2.24 bits per heavy atom. The first-order valence-electron chi connectivity index (χ1n) is 14.0. The van der Waals surface area contributed by atoms with Gasteiger partial charge in [-0.2, -0.15) is 5.10 Å². The number of imidazole rings is 1. The number of fused-ring (bicyclic) bond motifs is 1. The van der Waals surface area contributed by atoms with Gasteiger partial charge in [0.25, 0.3) is 5.56 Å². The van der Waals surface area contributed by atoms with Gasteiger partial charge in [-0.25, -0.2) is 14.9 Å². The van der Waals surface area contributed by atoms with Crippen molar-refractivity contribution in [2.45, 2.75) is 82.6 Å². The third-order valence-corrected chi connectivity index (χ3v) is 8.46. The van der Waals surface area contributed by atoms with Gasteiger partial charge in [0.15, 0.2) is 0 Å². The van der Waals surface area contributed by atoms with Crippen molar-refractivity contribution in [3.8, 4) is 11.1 Å². The zero-order valence-corrected chi connectivity index (χ0v) is 21.7. The van der Waals surface area contributed by atoms with E-state index in [4.69, 9.17) is 4.98 Å². The first-order valence-corrected chi connectivity index (χ1v) is 14.0. The molecule has 0 amide bonds. The normalized spacial score (nSPS) is 17.2. The maximum atomic E-state index is 13.2. The summed E-state index contributed by atoms with van der Waals surface area (Å²) < 4.78 is 2.14. The molecule has 0 atom stereocenters. The molecule has 2 aliphatic carbocycles. The number of hydrogen-bond acceptors (Lipinski definition) is 4. The van der Waals surface area contributed by atoms with Crippen LogP contribution in [0.15, 0.2) is 53.3 Å². The lowest BCUT2D eigenvalue weighted by atomic mass is 9.86. The summed E-state index contributed by atoms with van der Waals surface area (Å²) in [6.07, 6.45) is 11.7. The fourth-order valence-corrected chi connectivity index (χ4v) is 6.48. The van der Waals surface area contributed by atoms with Gasteiger partial charge in [0, 0.05) is 18.4 Å². The molecule has 2 aromatic carbocycles. The number of aromatic amines is 1. The Labute approximate surface area is 221 Å². The van der Waals surface area contributed by atoms with Crippen LogP contribution in [-0.2, 0) is 6.54 Å². The molecule has 7 heteroatoms. The Morgan fingerprint density at radius 2 is 1.55 bits per heavy atom. The fraction of sp³-hybridized carbons (Fsp3) is 0.419. The number of carboxylic acid groups (broad SMARTS) is 1. The van der Waals surface area contributed by atoms with E-state index in [2.05, 4.69) is 14.8 Å². The van der Waals surface area contributed by atoms with Crippen molar-refractivity contribution >= 4 is 17.0 Å². The Hall–Kier alpha value is -3.74. The number of carboxylic acids is 1. The largest absolute Gasteiger partial charge is 0.478 e. The van der Waals surface area contributed by atoms with Gasteiger partial charge in [0.1, 0.15) is 16.9 Å². The highest BCUT2D eigenvalue weighted by Crippen LogP contribution is 2.38. The summed E-state index contributed by atoms with van der Waals surface area (Å²) in [4.78, 5) is 30.1. The smallest absolute Gasteiger partial charge is 0.336 e. The molecule has 2 heterocycles. The third kappa shape index (κ3) is 4.66. The van der Waals surface area contributed by atoms with Crippen LogP contribution in [0.4, 0.5) is 0 Å². The molecular formula is C31H34N4O3. The predicted molar refractivity (Wildman–Crippen MR) is 148 cm³/mol. The highest BCUT2D eigenvalue weighted by molar-refractivity contribution is 5.96. The fourth-order valence-electron chi connectivity index (χ4n) is 6.48. The number of nitrogens with zero attached hydrogens (tertiary/aromatic N) is 3.